The molecule has 0 spiro atoms. The highest BCUT2D eigenvalue weighted by atomic mass is 79.9. The van der Waals surface area contributed by atoms with Crippen LogP contribution in [-0.2, 0) is 0 Å². The van der Waals surface area contributed by atoms with E-state index >= 15 is 0 Å². The summed E-state index contributed by atoms with van der Waals surface area (Å²) in [5.74, 6) is 0. The number of anilines is 2. The topological polar surface area (TPSA) is 64.9 Å². The highest BCUT2D eigenvalue weighted by Crippen LogP contribution is 2.32. The predicted octanol–water partition coefficient (Wildman–Crippen LogP) is 2.16. The van der Waals surface area contributed by atoms with Crippen LogP contribution in [0.4, 0.5) is 11.4 Å². The van der Waals surface area contributed by atoms with Crippen molar-refractivity contribution in [2.24, 2.45) is 0 Å². The first-order valence-corrected chi connectivity index (χ1v) is 4.56. The number of halogens is 1. The van der Waals surface area contributed by atoms with Gasteiger partial charge in [0, 0.05) is 27.6 Å². The maximum atomic E-state index is 5.81. The Morgan fingerprint density at radius 1 is 1.23 bits per heavy atom. The highest BCUT2D eigenvalue weighted by Gasteiger charge is 2.05. The van der Waals surface area contributed by atoms with Gasteiger partial charge in [0.25, 0.3) is 0 Å². The zero-order chi connectivity index (χ0) is 9.42. The van der Waals surface area contributed by atoms with Crippen molar-refractivity contribution in [3.63, 3.8) is 0 Å². The van der Waals surface area contributed by atoms with E-state index in [0.717, 1.165) is 15.2 Å². The summed E-state index contributed by atoms with van der Waals surface area (Å²) in [6, 6.07) is 3.64. The molecule has 66 valence electrons. The third-order valence-electron chi connectivity index (χ3n) is 1.96. The second-order valence-corrected chi connectivity index (χ2v) is 3.64. The Balaban J connectivity index is 2.97. The molecule has 1 heterocycles. The van der Waals surface area contributed by atoms with Gasteiger partial charge in [-0.15, -0.1) is 0 Å². The van der Waals surface area contributed by atoms with E-state index in [1.165, 1.54) is 0 Å². The number of nitrogen functional groups attached to an aromatic ring is 2. The molecule has 0 saturated carbocycles. The van der Waals surface area contributed by atoms with Gasteiger partial charge in [-0.3, -0.25) is 4.98 Å². The van der Waals surface area contributed by atoms with E-state index in [-0.39, 0.29) is 0 Å². The van der Waals surface area contributed by atoms with Crippen LogP contribution in [0.1, 0.15) is 0 Å². The SMILES string of the molecule is Nc1cc(Br)c2cnccc2c1N. The number of aromatic nitrogens is 1. The van der Waals surface area contributed by atoms with Crippen molar-refractivity contribution < 1.29 is 0 Å². The van der Waals surface area contributed by atoms with E-state index in [1.807, 2.05) is 6.07 Å². The molecule has 0 fully saturated rings. The second kappa shape index (κ2) is 2.88. The third kappa shape index (κ3) is 1.23. The van der Waals surface area contributed by atoms with Gasteiger partial charge in [0.05, 0.1) is 11.4 Å². The van der Waals surface area contributed by atoms with Gasteiger partial charge in [0.15, 0.2) is 0 Å². The van der Waals surface area contributed by atoms with E-state index in [4.69, 9.17) is 11.5 Å². The maximum Gasteiger partial charge on any atom is 0.0629 e. The molecule has 0 unspecified atom stereocenters. The molecule has 0 bridgehead atoms. The minimum absolute atomic E-state index is 0.588. The molecule has 0 amide bonds. The average Bonchev–Trinajstić information content (AvgIpc) is 2.15. The molecular weight excluding hydrogens is 230 g/mol. The molecule has 0 aliphatic rings. The van der Waals surface area contributed by atoms with Crippen LogP contribution in [0.5, 0.6) is 0 Å². The van der Waals surface area contributed by atoms with E-state index in [1.54, 1.807) is 18.5 Å². The van der Waals surface area contributed by atoms with Crippen molar-refractivity contribution in [2.45, 2.75) is 0 Å². The molecule has 4 heteroatoms. The summed E-state index contributed by atoms with van der Waals surface area (Å²) in [6.07, 6.45) is 3.46. The van der Waals surface area contributed by atoms with Gasteiger partial charge < -0.3 is 11.5 Å². The number of hydrogen-bond acceptors (Lipinski definition) is 3. The van der Waals surface area contributed by atoms with Gasteiger partial charge in [-0.1, -0.05) is 15.9 Å². The zero-order valence-corrected chi connectivity index (χ0v) is 8.38. The largest absolute Gasteiger partial charge is 0.397 e. The molecule has 0 aliphatic heterocycles. The van der Waals surface area contributed by atoms with Crippen LogP contribution < -0.4 is 11.5 Å². The minimum atomic E-state index is 0.588. The lowest BCUT2D eigenvalue weighted by Crippen LogP contribution is -1.96. The Hall–Kier alpha value is -1.29. The lowest BCUT2D eigenvalue weighted by atomic mass is 10.1. The number of nitrogens with two attached hydrogens (primary N) is 2. The summed E-state index contributed by atoms with van der Waals surface area (Å²) in [5, 5.41) is 1.91. The van der Waals surface area contributed by atoms with E-state index in [0.29, 0.717) is 11.4 Å². The minimum Gasteiger partial charge on any atom is -0.397 e. The number of rotatable bonds is 0. The number of hydrogen-bond donors (Lipinski definition) is 2. The lowest BCUT2D eigenvalue weighted by molar-refractivity contribution is 1.36. The van der Waals surface area contributed by atoms with Crippen LogP contribution in [0.25, 0.3) is 10.8 Å². The van der Waals surface area contributed by atoms with Crippen molar-refractivity contribution in [3.8, 4) is 0 Å². The summed E-state index contributed by atoms with van der Waals surface area (Å²) in [4.78, 5) is 4.02. The summed E-state index contributed by atoms with van der Waals surface area (Å²) >= 11 is 3.41. The zero-order valence-electron chi connectivity index (χ0n) is 6.79. The average molecular weight is 238 g/mol. The summed E-state index contributed by atoms with van der Waals surface area (Å²) in [5.41, 5.74) is 12.7. The smallest absolute Gasteiger partial charge is 0.0629 e. The van der Waals surface area contributed by atoms with E-state index in [9.17, 15) is 0 Å². The van der Waals surface area contributed by atoms with E-state index < -0.39 is 0 Å². The first-order chi connectivity index (χ1) is 6.20. The number of fused-ring (bicyclic) bond motifs is 1. The summed E-state index contributed by atoms with van der Waals surface area (Å²) < 4.78 is 0.919. The van der Waals surface area contributed by atoms with Crippen LogP contribution in [0.15, 0.2) is 29.0 Å². The van der Waals surface area contributed by atoms with E-state index in [2.05, 4.69) is 20.9 Å². The summed E-state index contributed by atoms with van der Waals surface area (Å²) in [6.45, 7) is 0. The molecule has 2 aromatic rings. The van der Waals surface area contributed by atoms with Crippen molar-refractivity contribution >= 4 is 38.1 Å². The van der Waals surface area contributed by atoms with Gasteiger partial charge in [0.2, 0.25) is 0 Å². The molecular formula is C9H8BrN3. The maximum absolute atomic E-state index is 5.81. The predicted molar refractivity (Wildman–Crippen MR) is 58.3 cm³/mol. The fraction of sp³-hybridized carbons (Fsp3) is 0. The second-order valence-electron chi connectivity index (χ2n) is 2.78. The molecule has 1 aromatic heterocycles. The Labute approximate surface area is 83.9 Å². The first-order valence-electron chi connectivity index (χ1n) is 3.77. The van der Waals surface area contributed by atoms with Crippen LogP contribution >= 0.6 is 15.9 Å². The van der Waals surface area contributed by atoms with Crippen molar-refractivity contribution in [3.05, 3.63) is 29.0 Å². The van der Waals surface area contributed by atoms with Crippen LogP contribution in [0.2, 0.25) is 0 Å². The van der Waals surface area contributed by atoms with Crippen molar-refractivity contribution in [1.29, 1.82) is 0 Å². The molecule has 0 atom stereocenters. The summed E-state index contributed by atoms with van der Waals surface area (Å²) in [7, 11) is 0. The number of nitrogens with zero attached hydrogens (tertiary/aromatic N) is 1. The Bertz CT molecular complexity index is 468. The molecule has 1 aromatic carbocycles. The molecule has 2 rings (SSSR count). The molecule has 0 saturated heterocycles. The van der Waals surface area contributed by atoms with Crippen LogP contribution in [0, 0.1) is 0 Å². The fourth-order valence-corrected chi connectivity index (χ4v) is 1.83. The van der Waals surface area contributed by atoms with Gasteiger partial charge in [0.1, 0.15) is 0 Å². The fourth-order valence-electron chi connectivity index (χ4n) is 1.27. The van der Waals surface area contributed by atoms with Gasteiger partial charge in [-0.2, -0.15) is 0 Å². The lowest BCUT2D eigenvalue weighted by Gasteiger charge is -2.06. The first kappa shape index (κ1) is 8.31. The van der Waals surface area contributed by atoms with Crippen molar-refractivity contribution in [2.75, 3.05) is 11.5 Å². The quantitative estimate of drug-likeness (QED) is 0.691. The van der Waals surface area contributed by atoms with Gasteiger partial charge in [-0.05, 0) is 12.1 Å². The Morgan fingerprint density at radius 3 is 2.77 bits per heavy atom. The molecule has 0 aliphatic carbocycles. The number of pyridine rings is 1. The van der Waals surface area contributed by atoms with Crippen LogP contribution in [-0.4, -0.2) is 4.98 Å². The molecule has 3 nitrogen and oxygen atoms in total. The van der Waals surface area contributed by atoms with Crippen LogP contribution in [0.3, 0.4) is 0 Å². The highest BCUT2D eigenvalue weighted by molar-refractivity contribution is 9.10. The molecule has 13 heavy (non-hydrogen) atoms. The molecule has 4 N–H and O–H groups in total. The Morgan fingerprint density at radius 2 is 2.00 bits per heavy atom. The third-order valence-corrected chi connectivity index (χ3v) is 2.62. The molecule has 0 radical (unpaired) electrons. The normalized spacial score (nSPS) is 10.5. The number of benzene rings is 1. The standard InChI is InChI=1S/C9H8BrN3/c10-7-3-8(11)9(12)5-1-2-13-4-6(5)7/h1-4H,11-12H2. The van der Waals surface area contributed by atoms with Crippen molar-refractivity contribution in [1.82, 2.24) is 4.98 Å². The monoisotopic (exact) mass is 237 g/mol. The van der Waals surface area contributed by atoms with Gasteiger partial charge in [-0.25, -0.2) is 0 Å². The Kier molecular flexibility index (Phi) is 1.84. The van der Waals surface area contributed by atoms with Gasteiger partial charge >= 0.3 is 0 Å².